The molecule has 2 rings (SSSR count). The summed E-state index contributed by atoms with van der Waals surface area (Å²) in [5.74, 6) is 0.584. The fourth-order valence-corrected chi connectivity index (χ4v) is 6.45. The van der Waals surface area contributed by atoms with Gasteiger partial charge in [-0.2, -0.15) is 0 Å². The van der Waals surface area contributed by atoms with Gasteiger partial charge in [0.15, 0.2) is 0 Å². The lowest BCUT2D eigenvalue weighted by atomic mass is 9.74. The summed E-state index contributed by atoms with van der Waals surface area (Å²) >= 11 is 0. The summed E-state index contributed by atoms with van der Waals surface area (Å²) in [6, 6.07) is 13.9. The van der Waals surface area contributed by atoms with Crippen molar-refractivity contribution in [1.29, 1.82) is 0 Å². The zero-order valence-electron chi connectivity index (χ0n) is 27.8. The Morgan fingerprint density at radius 3 is 1.64 bits per heavy atom. The van der Waals surface area contributed by atoms with Crippen LogP contribution in [0.4, 0.5) is 0 Å². The molecule has 8 nitrogen and oxygen atoms in total. The molecule has 10 heteroatoms. The molecule has 0 saturated heterocycles. The highest BCUT2D eigenvalue weighted by atomic mass is 31.2. The van der Waals surface area contributed by atoms with E-state index in [2.05, 4.69) is 60.6 Å². The number of aliphatic hydroxyl groups is 1. The predicted octanol–water partition coefficient (Wildman–Crippen LogP) is 7.75. The molecule has 0 saturated carbocycles. The molecule has 44 heavy (non-hydrogen) atoms. The molecule has 2 aromatic carbocycles. The van der Waals surface area contributed by atoms with Crippen molar-refractivity contribution in [2.75, 3.05) is 19.8 Å². The monoisotopic (exact) mass is 654 g/mol. The largest absolute Gasteiger partial charge is 0.490 e. The van der Waals surface area contributed by atoms with Crippen LogP contribution in [0.25, 0.3) is 0 Å². The second-order valence-electron chi connectivity index (χ2n) is 14.0. The van der Waals surface area contributed by atoms with Gasteiger partial charge in [-0.3, -0.25) is 0 Å². The van der Waals surface area contributed by atoms with Gasteiger partial charge in [-0.1, -0.05) is 103 Å². The SMILES string of the molecule is Cc1cc(C(C)(C)C)c(CCCCCCCCC(Oc2ccccc2)C(CO)(COP(O)O)COP(O)O)c(C(C)(C)C)c1. The number of unbranched alkanes of at least 4 members (excludes halogenated alkanes) is 5. The first-order valence-corrected chi connectivity index (χ1v) is 18.0. The van der Waals surface area contributed by atoms with E-state index in [-0.39, 0.29) is 24.0 Å². The first-order chi connectivity index (χ1) is 20.6. The third kappa shape index (κ3) is 12.9. The zero-order valence-corrected chi connectivity index (χ0v) is 29.5. The van der Waals surface area contributed by atoms with E-state index in [0.717, 1.165) is 44.9 Å². The molecule has 0 amide bonds. The lowest BCUT2D eigenvalue weighted by Gasteiger charge is -2.38. The van der Waals surface area contributed by atoms with E-state index in [1.165, 1.54) is 22.3 Å². The van der Waals surface area contributed by atoms with Crippen LogP contribution >= 0.6 is 17.2 Å². The van der Waals surface area contributed by atoms with Crippen LogP contribution in [0.5, 0.6) is 5.75 Å². The molecule has 5 N–H and O–H groups in total. The van der Waals surface area contributed by atoms with Crippen molar-refractivity contribution in [3.05, 3.63) is 64.7 Å². The molecule has 0 bridgehead atoms. The summed E-state index contributed by atoms with van der Waals surface area (Å²) in [5, 5.41) is 10.4. The summed E-state index contributed by atoms with van der Waals surface area (Å²) in [5.41, 5.74) is 4.68. The topological polar surface area (TPSA) is 129 Å². The third-order valence-corrected chi connectivity index (χ3v) is 8.83. The molecule has 0 spiro atoms. The smallest absolute Gasteiger partial charge is 0.327 e. The molecule has 250 valence electrons. The molecule has 1 unspecified atom stereocenters. The van der Waals surface area contributed by atoms with E-state index in [9.17, 15) is 24.7 Å². The average molecular weight is 655 g/mol. The van der Waals surface area contributed by atoms with Crippen molar-refractivity contribution in [2.24, 2.45) is 5.41 Å². The van der Waals surface area contributed by atoms with Crippen molar-refractivity contribution in [2.45, 2.75) is 117 Å². The minimum absolute atomic E-state index is 0.0894. The van der Waals surface area contributed by atoms with Gasteiger partial charge in [0.25, 0.3) is 0 Å². The lowest BCUT2D eigenvalue weighted by molar-refractivity contribution is -0.0669. The predicted molar refractivity (Wildman–Crippen MR) is 180 cm³/mol. The minimum atomic E-state index is -2.68. The Bertz CT molecular complexity index is 1050. The first kappa shape index (κ1) is 39.0. The first-order valence-electron chi connectivity index (χ1n) is 15.7. The van der Waals surface area contributed by atoms with Crippen LogP contribution in [-0.2, 0) is 26.3 Å². The van der Waals surface area contributed by atoms with Crippen molar-refractivity contribution >= 4 is 17.2 Å². The van der Waals surface area contributed by atoms with Gasteiger partial charge in [-0.15, -0.1) is 0 Å². The molecule has 0 aliphatic heterocycles. The number of benzene rings is 2. The van der Waals surface area contributed by atoms with Gasteiger partial charge < -0.3 is 38.5 Å². The summed E-state index contributed by atoms with van der Waals surface area (Å²) in [6.45, 7) is 15.0. The van der Waals surface area contributed by atoms with Gasteiger partial charge >= 0.3 is 17.2 Å². The highest BCUT2D eigenvalue weighted by molar-refractivity contribution is 7.39. The summed E-state index contributed by atoms with van der Waals surface area (Å²) in [7, 11) is -5.37. The van der Waals surface area contributed by atoms with Crippen LogP contribution in [0.1, 0.15) is 109 Å². The van der Waals surface area contributed by atoms with Gasteiger partial charge in [-0.25, -0.2) is 0 Å². The third-order valence-electron chi connectivity index (χ3n) is 8.11. The highest BCUT2D eigenvalue weighted by Crippen LogP contribution is 2.39. The van der Waals surface area contributed by atoms with E-state index >= 15 is 0 Å². The molecule has 0 aromatic heterocycles. The number of hydrogen-bond acceptors (Lipinski definition) is 8. The number of para-hydroxylation sites is 1. The fourth-order valence-electron chi connectivity index (χ4n) is 5.71. The van der Waals surface area contributed by atoms with Crippen LogP contribution in [0.2, 0.25) is 0 Å². The summed E-state index contributed by atoms with van der Waals surface area (Å²) < 4.78 is 16.5. The van der Waals surface area contributed by atoms with Gasteiger partial charge in [0.2, 0.25) is 0 Å². The molecule has 0 radical (unpaired) electrons. The van der Waals surface area contributed by atoms with E-state index in [0.29, 0.717) is 12.2 Å². The number of ether oxygens (including phenoxy) is 1. The van der Waals surface area contributed by atoms with E-state index in [1.54, 1.807) is 12.1 Å². The molecular weight excluding hydrogens is 598 g/mol. The summed E-state index contributed by atoms with van der Waals surface area (Å²) in [6.07, 6.45) is 7.19. The molecule has 0 aliphatic rings. The lowest BCUT2D eigenvalue weighted by Crippen LogP contribution is -2.49. The highest BCUT2D eigenvalue weighted by Gasteiger charge is 2.42. The second-order valence-corrected chi connectivity index (χ2v) is 15.5. The maximum atomic E-state index is 10.4. The maximum Gasteiger partial charge on any atom is 0.327 e. The molecular formula is C34H56O8P2. The van der Waals surface area contributed by atoms with Gasteiger partial charge in [0.05, 0.1) is 25.2 Å². The van der Waals surface area contributed by atoms with Crippen LogP contribution in [0.15, 0.2) is 42.5 Å². The quantitative estimate of drug-likeness (QED) is 0.0769. The Hall–Kier alpha value is -1.18. The Morgan fingerprint density at radius 2 is 1.18 bits per heavy atom. The molecule has 0 heterocycles. The second kappa shape index (κ2) is 18.2. The molecule has 0 aliphatic carbocycles. The number of aryl methyl sites for hydroxylation is 1. The van der Waals surface area contributed by atoms with E-state index in [4.69, 9.17) is 13.8 Å². The Kier molecular flexibility index (Phi) is 16.2. The Balaban J connectivity index is 2.02. The number of aliphatic hydroxyl groups excluding tert-OH is 1. The van der Waals surface area contributed by atoms with E-state index < -0.39 is 35.3 Å². The van der Waals surface area contributed by atoms with Crippen LogP contribution in [-0.4, -0.2) is 50.6 Å². The number of hydrogen-bond donors (Lipinski definition) is 5. The van der Waals surface area contributed by atoms with Crippen LogP contribution < -0.4 is 4.74 Å². The Labute approximate surface area is 267 Å². The number of rotatable bonds is 19. The zero-order chi connectivity index (χ0) is 33.0. The van der Waals surface area contributed by atoms with Gasteiger partial charge in [0, 0.05) is 0 Å². The van der Waals surface area contributed by atoms with Gasteiger partial charge in [-0.05, 0) is 72.3 Å². The normalized spacial score (nSPS) is 13.6. The van der Waals surface area contributed by atoms with Crippen LogP contribution in [0, 0.1) is 12.3 Å². The summed E-state index contributed by atoms with van der Waals surface area (Å²) in [4.78, 5) is 37.6. The maximum absolute atomic E-state index is 10.4. The average Bonchev–Trinajstić information content (AvgIpc) is 2.94. The molecule has 0 fully saturated rings. The van der Waals surface area contributed by atoms with Crippen LogP contribution in [0.3, 0.4) is 0 Å². The standard InChI is InChI=1S/C34H56O8P2/c1-26-21-29(32(2,3)4)28(30(22-26)33(5,6)7)19-15-10-8-9-11-16-20-31(42-27-17-13-12-14-18-27)34(23-35,24-40-43(36)37)25-41-44(38)39/h12-14,17-18,21-22,31,35-39H,8-11,15-16,19-20,23-25H2,1-7H3. The van der Waals surface area contributed by atoms with Crippen molar-refractivity contribution < 1.29 is 38.5 Å². The van der Waals surface area contributed by atoms with Crippen molar-refractivity contribution in [1.82, 2.24) is 0 Å². The minimum Gasteiger partial charge on any atom is -0.490 e. The Morgan fingerprint density at radius 1 is 0.705 bits per heavy atom. The molecule has 2 aromatic rings. The van der Waals surface area contributed by atoms with E-state index in [1.807, 2.05) is 18.2 Å². The van der Waals surface area contributed by atoms with Crippen molar-refractivity contribution in [3.63, 3.8) is 0 Å². The molecule has 1 atom stereocenters. The van der Waals surface area contributed by atoms with Crippen molar-refractivity contribution in [3.8, 4) is 5.75 Å². The fraction of sp³-hybridized carbons (Fsp3) is 0.647. The van der Waals surface area contributed by atoms with Gasteiger partial charge in [0.1, 0.15) is 11.9 Å².